The number of hydrogen-bond donors (Lipinski definition) is 1. The number of hydrogen-bond acceptors (Lipinski definition) is 6. The highest BCUT2D eigenvalue weighted by atomic mass is 35.5. The van der Waals surface area contributed by atoms with E-state index in [2.05, 4.69) is 4.98 Å². The molecule has 0 spiro atoms. The second-order valence-electron chi connectivity index (χ2n) is 8.86. The monoisotopic (exact) mass is 531 g/mol. The van der Waals surface area contributed by atoms with Gasteiger partial charge in [-0.15, -0.1) is 0 Å². The number of fused-ring (bicyclic) bond motifs is 2. The van der Waals surface area contributed by atoms with Crippen molar-refractivity contribution in [3.05, 3.63) is 99.7 Å². The zero-order chi connectivity index (χ0) is 26.7. The molecular weight excluding hydrogens is 506 g/mol. The lowest BCUT2D eigenvalue weighted by molar-refractivity contribution is -0.219. The molecule has 7 nitrogen and oxygen atoms in total. The maximum absolute atomic E-state index is 11.9. The second kappa shape index (κ2) is 10.8. The fourth-order valence-corrected chi connectivity index (χ4v) is 4.78. The number of aromatic carboxylic acids is 1. The van der Waals surface area contributed by atoms with E-state index < -0.39 is 11.8 Å². The summed E-state index contributed by atoms with van der Waals surface area (Å²) in [6.07, 6.45) is 4.66. The Balaban J connectivity index is 1.40. The Kier molecular flexibility index (Phi) is 7.33. The molecule has 38 heavy (non-hydrogen) atoms. The quantitative estimate of drug-likeness (QED) is 0.245. The number of carboxylic acids is 1. The van der Waals surface area contributed by atoms with Crippen LogP contribution in [0, 0.1) is 0 Å². The van der Waals surface area contributed by atoms with Crippen LogP contribution in [0.25, 0.3) is 23.1 Å². The standard InChI is InChI=1S/C30H26ClNO6/c1-35-30(36-2,13-12-21-15-27-28(38-18-37-27)17-25(21)29(33)34)22-5-3-4-19(14-22)6-10-24-11-8-20-7-9-23(31)16-26(20)32-24/h3-11,14-17H,12-13,18H2,1-2H3,(H,33,34)/b10-6+. The molecule has 0 aliphatic carbocycles. The van der Waals surface area contributed by atoms with Gasteiger partial charge in [0.15, 0.2) is 17.3 Å². The highest BCUT2D eigenvalue weighted by Gasteiger charge is 2.33. The predicted octanol–water partition coefficient (Wildman–Crippen LogP) is 6.56. The molecule has 2 heterocycles. The SMILES string of the molecule is COC(CCc1cc2c(cc1C(=O)O)OCO2)(OC)c1cccc(/C=C/c2ccc3ccc(Cl)cc3n2)c1. The normalized spacial score (nSPS) is 12.9. The summed E-state index contributed by atoms with van der Waals surface area (Å²) in [5, 5.41) is 11.4. The zero-order valence-electron chi connectivity index (χ0n) is 20.9. The van der Waals surface area contributed by atoms with Crippen molar-refractivity contribution in [1.29, 1.82) is 0 Å². The lowest BCUT2D eigenvalue weighted by atomic mass is 9.93. The van der Waals surface area contributed by atoms with E-state index >= 15 is 0 Å². The molecule has 0 atom stereocenters. The number of benzene rings is 3. The molecule has 0 saturated carbocycles. The Morgan fingerprint density at radius 1 is 1.03 bits per heavy atom. The van der Waals surface area contributed by atoms with Crippen molar-refractivity contribution in [1.82, 2.24) is 4.98 Å². The predicted molar refractivity (Wildman–Crippen MR) is 146 cm³/mol. The van der Waals surface area contributed by atoms with E-state index in [-0.39, 0.29) is 12.4 Å². The van der Waals surface area contributed by atoms with Crippen molar-refractivity contribution in [2.75, 3.05) is 21.0 Å². The fourth-order valence-electron chi connectivity index (χ4n) is 4.62. The number of aromatic nitrogens is 1. The van der Waals surface area contributed by atoms with E-state index in [1.54, 1.807) is 20.3 Å². The van der Waals surface area contributed by atoms with Crippen LogP contribution in [0.4, 0.5) is 0 Å². The first-order valence-corrected chi connectivity index (χ1v) is 12.4. The number of methoxy groups -OCH3 is 2. The summed E-state index contributed by atoms with van der Waals surface area (Å²) in [4.78, 5) is 16.6. The van der Waals surface area contributed by atoms with Gasteiger partial charge >= 0.3 is 5.97 Å². The number of carbonyl (C=O) groups is 1. The zero-order valence-corrected chi connectivity index (χ0v) is 21.7. The van der Waals surface area contributed by atoms with Gasteiger partial charge in [-0.25, -0.2) is 9.78 Å². The molecule has 1 aromatic heterocycles. The van der Waals surface area contributed by atoms with E-state index in [1.807, 2.05) is 66.7 Å². The van der Waals surface area contributed by atoms with Gasteiger partial charge in [-0.1, -0.05) is 48.0 Å². The minimum Gasteiger partial charge on any atom is -0.478 e. The van der Waals surface area contributed by atoms with Gasteiger partial charge in [0.25, 0.3) is 0 Å². The fraction of sp³-hybridized carbons (Fsp3) is 0.200. The first kappa shape index (κ1) is 25.7. The summed E-state index contributed by atoms with van der Waals surface area (Å²) >= 11 is 6.12. The Morgan fingerprint density at radius 3 is 2.55 bits per heavy atom. The van der Waals surface area contributed by atoms with Crippen LogP contribution in [0.3, 0.4) is 0 Å². The van der Waals surface area contributed by atoms with Crippen molar-refractivity contribution < 1.29 is 28.8 Å². The second-order valence-corrected chi connectivity index (χ2v) is 9.30. The molecule has 1 aliphatic rings. The average molecular weight is 532 g/mol. The van der Waals surface area contributed by atoms with E-state index in [0.29, 0.717) is 34.9 Å². The molecule has 1 aliphatic heterocycles. The molecule has 3 aromatic carbocycles. The van der Waals surface area contributed by atoms with Gasteiger partial charge in [0, 0.05) is 36.6 Å². The van der Waals surface area contributed by atoms with Crippen molar-refractivity contribution in [3.8, 4) is 11.5 Å². The van der Waals surface area contributed by atoms with Gasteiger partial charge in [-0.3, -0.25) is 0 Å². The van der Waals surface area contributed by atoms with Gasteiger partial charge in [0.2, 0.25) is 6.79 Å². The van der Waals surface area contributed by atoms with Crippen LogP contribution >= 0.6 is 11.6 Å². The summed E-state index contributed by atoms with van der Waals surface area (Å²) in [6, 6.07) is 20.6. The van der Waals surface area contributed by atoms with Crippen LogP contribution in [-0.4, -0.2) is 37.1 Å². The molecule has 0 radical (unpaired) electrons. The summed E-state index contributed by atoms with van der Waals surface area (Å²) < 4.78 is 22.6. The van der Waals surface area contributed by atoms with E-state index in [0.717, 1.165) is 27.7 Å². The molecular formula is C30H26ClNO6. The Hall–Kier alpha value is -3.91. The van der Waals surface area contributed by atoms with Crippen LogP contribution in [0.15, 0.2) is 66.7 Å². The third-order valence-corrected chi connectivity index (χ3v) is 6.90. The Morgan fingerprint density at radius 2 is 1.79 bits per heavy atom. The molecule has 0 unspecified atom stereocenters. The number of carboxylic acid groups (broad SMARTS) is 1. The average Bonchev–Trinajstić information content (AvgIpc) is 3.40. The maximum atomic E-state index is 11.9. The van der Waals surface area contributed by atoms with Gasteiger partial charge in [0.05, 0.1) is 16.8 Å². The molecule has 0 saturated heterocycles. The van der Waals surface area contributed by atoms with Gasteiger partial charge in [0.1, 0.15) is 0 Å². The third-order valence-electron chi connectivity index (χ3n) is 6.66. The highest BCUT2D eigenvalue weighted by Crippen LogP contribution is 2.38. The molecule has 0 bridgehead atoms. The molecule has 1 N–H and O–H groups in total. The van der Waals surface area contributed by atoms with Crippen molar-refractivity contribution in [2.45, 2.75) is 18.6 Å². The largest absolute Gasteiger partial charge is 0.478 e. The van der Waals surface area contributed by atoms with Crippen LogP contribution in [0.5, 0.6) is 11.5 Å². The number of aryl methyl sites for hydroxylation is 1. The number of halogens is 1. The van der Waals surface area contributed by atoms with Crippen LogP contribution in [-0.2, 0) is 21.7 Å². The lowest BCUT2D eigenvalue weighted by Gasteiger charge is -2.32. The number of ether oxygens (including phenoxy) is 4. The first-order chi connectivity index (χ1) is 18.4. The van der Waals surface area contributed by atoms with Crippen molar-refractivity contribution in [2.24, 2.45) is 0 Å². The van der Waals surface area contributed by atoms with Crippen LogP contribution in [0.2, 0.25) is 5.02 Å². The molecule has 0 amide bonds. The smallest absolute Gasteiger partial charge is 0.336 e. The summed E-state index contributed by atoms with van der Waals surface area (Å²) in [5.74, 6) is -1.16. The van der Waals surface area contributed by atoms with Gasteiger partial charge in [-0.2, -0.15) is 0 Å². The minimum absolute atomic E-state index is 0.0701. The van der Waals surface area contributed by atoms with E-state index in [4.69, 9.17) is 30.5 Å². The Labute approximate surface area is 225 Å². The van der Waals surface area contributed by atoms with E-state index in [9.17, 15) is 9.90 Å². The summed E-state index contributed by atoms with van der Waals surface area (Å²) in [6.45, 7) is 0.0701. The van der Waals surface area contributed by atoms with Gasteiger partial charge < -0.3 is 24.1 Å². The lowest BCUT2D eigenvalue weighted by Crippen LogP contribution is -2.31. The molecule has 5 rings (SSSR count). The van der Waals surface area contributed by atoms with E-state index in [1.165, 1.54) is 6.07 Å². The minimum atomic E-state index is -1.09. The summed E-state index contributed by atoms with van der Waals surface area (Å²) in [5.41, 5.74) is 4.15. The third kappa shape index (κ3) is 5.22. The molecule has 4 aromatic rings. The number of nitrogens with zero attached hydrogens (tertiary/aromatic N) is 1. The number of pyridine rings is 1. The molecule has 194 valence electrons. The summed E-state index contributed by atoms with van der Waals surface area (Å²) in [7, 11) is 3.15. The maximum Gasteiger partial charge on any atom is 0.336 e. The first-order valence-electron chi connectivity index (χ1n) is 12.0. The topological polar surface area (TPSA) is 87.1 Å². The Bertz CT molecular complexity index is 1530. The molecule has 0 fully saturated rings. The van der Waals surface area contributed by atoms with Crippen molar-refractivity contribution in [3.63, 3.8) is 0 Å². The van der Waals surface area contributed by atoms with Crippen LogP contribution in [0.1, 0.15) is 39.2 Å². The van der Waals surface area contributed by atoms with Gasteiger partial charge in [-0.05, 0) is 60.0 Å². The van der Waals surface area contributed by atoms with Crippen LogP contribution < -0.4 is 9.47 Å². The molecule has 8 heteroatoms. The number of rotatable bonds is 9. The highest BCUT2D eigenvalue weighted by molar-refractivity contribution is 6.31. The van der Waals surface area contributed by atoms with Crippen molar-refractivity contribution >= 4 is 40.6 Å².